The molecule has 18 heavy (non-hydrogen) atoms. The summed E-state index contributed by atoms with van der Waals surface area (Å²) in [5.41, 5.74) is 9.63. The van der Waals surface area contributed by atoms with Crippen LogP contribution in [0.5, 0.6) is 0 Å². The third-order valence-corrected chi connectivity index (χ3v) is 3.83. The van der Waals surface area contributed by atoms with Gasteiger partial charge in [-0.3, -0.25) is 4.90 Å². The van der Waals surface area contributed by atoms with E-state index >= 15 is 0 Å². The number of rotatable bonds is 4. The first-order chi connectivity index (χ1) is 8.72. The number of nitrogens with zero attached hydrogens (tertiary/aromatic N) is 1. The van der Waals surface area contributed by atoms with Gasteiger partial charge >= 0.3 is 0 Å². The molecule has 2 rings (SSSR count). The zero-order valence-corrected chi connectivity index (χ0v) is 11.5. The molecule has 1 aromatic carbocycles. The zero-order valence-electron chi connectivity index (χ0n) is 11.5. The normalized spacial score (nSPS) is 21.2. The number of nitrogens with two attached hydrogens (primary N) is 1. The Morgan fingerprint density at radius 2 is 2.28 bits per heavy atom. The van der Waals surface area contributed by atoms with Gasteiger partial charge < -0.3 is 10.5 Å². The van der Waals surface area contributed by atoms with Crippen LogP contribution in [0.4, 0.5) is 0 Å². The molecule has 0 aliphatic carbocycles. The van der Waals surface area contributed by atoms with E-state index in [0.29, 0.717) is 12.6 Å². The Kier molecular flexibility index (Phi) is 4.75. The molecule has 1 heterocycles. The second-order valence-electron chi connectivity index (χ2n) is 5.20. The first-order valence-electron chi connectivity index (χ1n) is 6.76. The minimum Gasteiger partial charge on any atom is -0.380 e. The summed E-state index contributed by atoms with van der Waals surface area (Å²) < 4.78 is 5.47. The Bertz CT molecular complexity index is 392. The standard InChI is InChI=1S/C15H24N2O/c1-12-8-13(9-16)5-6-14(12)10-17-7-3-4-15(11-17)18-2/h5-6,8,15H,3-4,7,9-11,16H2,1-2H3. The van der Waals surface area contributed by atoms with Crippen LogP contribution in [0, 0.1) is 6.92 Å². The molecular formula is C15H24N2O. The van der Waals surface area contributed by atoms with Gasteiger partial charge in [0.2, 0.25) is 0 Å². The lowest BCUT2D eigenvalue weighted by atomic mass is 10.0. The van der Waals surface area contributed by atoms with E-state index in [2.05, 4.69) is 30.0 Å². The summed E-state index contributed by atoms with van der Waals surface area (Å²) in [7, 11) is 1.81. The number of benzene rings is 1. The number of likely N-dealkylation sites (tertiary alicyclic amines) is 1. The number of hydrogen-bond acceptors (Lipinski definition) is 3. The summed E-state index contributed by atoms with van der Waals surface area (Å²) in [6, 6.07) is 6.56. The second kappa shape index (κ2) is 6.32. The molecule has 0 radical (unpaired) electrons. The lowest BCUT2D eigenvalue weighted by Gasteiger charge is -2.32. The molecule has 3 nitrogen and oxygen atoms in total. The van der Waals surface area contributed by atoms with Gasteiger partial charge in [0.25, 0.3) is 0 Å². The highest BCUT2D eigenvalue weighted by atomic mass is 16.5. The van der Waals surface area contributed by atoms with Crippen LogP contribution in [-0.2, 0) is 17.8 Å². The Hall–Kier alpha value is -0.900. The number of aryl methyl sites for hydroxylation is 1. The molecule has 0 amide bonds. The summed E-state index contributed by atoms with van der Waals surface area (Å²) >= 11 is 0. The van der Waals surface area contributed by atoms with Crippen LogP contribution < -0.4 is 5.73 Å². The molecule has 2 N–H and O–H groups in total. The first-order valence-corrected chi connectivity index (χ1v) is 6.76. The third-order valence-electron chi connectivity index (χ3n) is 3.83. The minimum absolute atomic E-state index is 0.405. The maximum Gasteiger partial charge on any atom is 0.0698 e. The van der Waals surface area contributed by atoms with E-state index in [1.807, 2.05) is 7.11 Å². The van der Waals surface area contributed by atoms with Crippen LogP contribution in [0.3, 0.4) is 0 Å². The highest BCUT2D eigenvalue weighted by molar-refractivity contribution is 5.31. The van der Waals surface area contributed by atoms with Crippen molar-refractivity contribution in [2.45, 2.75) is 39.0 Å². The minimum atomic E-state index is 0.405. The molecule has 1 aliphatic rings. The average molecular weight is 248 g/mol. The molecule has 0 bridgehead atoms. The molecule has 1 unspecified atom stereocenters. The fourth-order valence-electron chi connectivity index (χ4n) is 2.65. The summed E-state index contributed by atoms with van der Waals surface area (Å²) in [6.45, 7) is 6.05. The van der Waals surface area contributed by atoms with Gasteiger partial charge in [0, 0.05) is 26.7 Å². The van der Waals surface area contributed by atoms with Gasteiger partial charge in [-0.25, -0.2) is 0 Å². The Morgan fingerprint density at radius 3 is 2.94 bits per heavy atom. The molecular weight excluding hydrogens is 224 g/mol. The maximum absolute atomic E-state index is 5.66. The SMILES string of the molecule is COC1CCCN(Cc2ccc(CN)cc2C)C1. The van der Waals surface area contributed by atoms with Crippen molar-refractivity contribution in [3.63, 3.8) is 0 Å². The van der Waals surface area contributed by atoms with Gasteiger partial charge in [-0.1, -0.05) is 18.2 Å². The molecule has 0 saturated carbocycles. The molecule has 100 valence electrons. The fraction of sp³-hybridized carbons (Fsp3) is 0.600. The summed E-state index contributed by atoms with van der Waals surface area (Å²) in [5, 5.41) is 0. The second-order valence-corrected chi connectivity index (χ2v) is 5.20. The van der Waals surface area contributed by atoms with E-state index in [4.69, 9.17) is 10.5 Å². The molecule has 1 saturated heterocycles. The van der Waals surface area contributed by atoms with Crippen molar-refractivity contribution in [1.82, 2.24) is 4.90 Å². The van der Waals surface area contributed by atoms with Gasteiger partial charge in [0.15, 0.2) is 0 Å². The van der Waals surface area contributed by atoms with E-state index in [1.54, 1.807) is 0 Å². The molecule has 0 spiro atoms. The zero-order chi connectivity index (χ0) is 13.0. The highest BCUT2D eigenvalue weighted by Gasteiger charge is 2.19. The maximum atomic E-state index is 5.66. The van der Waals surface area contributed by atoms with Crippen molar-refractivity contribution in [1.29, 1.82) is 0 Å². The van der Waals surface area contributed by atoms with Gasteiger partial charge in [0.1, 0.15) is 0 Å². The third kappa shape index (κ3) is 3.31. The van der Waals surface area contributed by atoms with Crippen molar-refractivity contribution >= 4 is 0 Å². The van der Waals surface area contributed by atoms with Crippen LogP contribution in [-0.4, -0.2) is 31.2 Å². The fourth-order valence-corrected chi connectivity index (χ4v) is 2.65. The van der Waals surface area contributed by atoms with Crippen molar-refractivity contribution in [3.8, 4) is 0 Å². The van der Waals surface area contributed by atoms with E-state index in [1.165, 1.54) is 36.1 Å². The number of ether oxygens (including phenoxy) is 1. The van der Waals surface area contributed by atoms with Gasteiger partial charge in [-0.15, -0.1) is 0 Å². The molecule has 1 aromatic rings. The average Bonchev–Trinajstić information content (AvgIpc) is 2.41. The summed E-state index contributed by atoms with van der Waals surface area (Å²) in [5.74, 6) is 0. The Labute approximate surface area is 110 Å². The quantitative estimate of drug-likeness (QED) is 0.886. The summed E-state index contributed by atoms with van der Waals surface area (Å²) in [4.78, 5) is 2.49. The van der Waals surface area contributed by atoms with Crippen molar-refractivity contribution in [2.24, 2.45) is 5.73 Å². The van der Waals surface area contributed by atoms with Crippen LogP contribution >= 0.6 is 0 Å². The van der Waals surface area contributed by atoms with Crippen molar-refractivity contribution in [3.05, 3.63) is 34.9 Å². The Balaban J connectivity index is 2.00. The van der Waals surface area contributed by atoms with Gasteiger partial charge in [0.05, 0.1) is 6.10 Å². The van der Waals surface area contributed by atoms with Crippen LogP contribution in [0.15, 0.2) is 18.2 Å². The smallest absolute Gasteiger partial charge is 0.0698 e. The van der Waals surface area contributed by atoms with Crippen LogP contribution in [0.1, 0.15) is 29.5 Å². The monoisotopic (exact) mass is 248 g/mol. The molecule has 1 aliphatic heterocycles. The van der Waals surface area contributed by atoms with Crippen molar-refractivity contribution in [2.75, 3.05) is 20.2 Å². The molecule has 3 heteroatoms. The van der Waals surface area contributed by atoms with Gasteiger partial charge in [-0.05, 0) is 43.0 Å². The predicted octanol–water partition coefficient (Wildman–Crippen LogP) is 2.06. The van der Waals surface area contributed by atoms with E-state index < -0.39 is 0 Å². The lowest BCUT2D eigenvalue weighted by Crippen LogP contribution is -2.38. The van der Waals surface area contributed by atoms with E-state index in [9.17, 15) is 0 Å². The predicted molar refractivity (Wildman–Crippen MR) is 74.4 cm³/mol. The lowest BCUT2D eigenvalue weighted by molar-refractivity contribution is 0.0285. The van der Waals surface area contributed by atoms with Gasteiger partial charge in [-0.2, -0.15) is 0 Å². The summed E-state index contributed by atoms with van der Waals surface area (Å²) in [6.07, 6.45) is 2.83. The largest absolute Gasteiger partial charge is 0.380 e. The van der Waals surface area contributed by atoms with Crippen LogP contribution in [0.25, 0.3) is 0 Å². The van der Waals surface area contributed by atoms with Crippen LogP contribution in [0.2, 0.25) is 0 Å². The number of methoxy groups -OCH3 is 1. The van der Waals surface area contributed by atoms with E-state index in [0.717, 1.165) is 13.1 Å². The molecule has 0 aromatic heterocycles. The number of hydrogen-bond donors (Lipinski definition) is 1. The van der Waals surface area contributed by atoms with Crippen molar-refractivity contribution < 1.29 is 4.74 Å². The number of piperidine rings is 1. The van der Waals surface area contributed by atoms with E-state index in [-0.39, 0.29) is 0 Å². The molecule has 1 atom stereocenters. The topological polar surface area (TPSA) is 38.5 Å². The highest BCUT2D eigenvalue weighted by Crippen LogP contribution is 2.18. The molecule has 1 fully saturated rings. The Morgan fingerprint density at radius 1 is 1.44 bits per heavy atom. The first kappa shape index (κ1) is 13.5.